The molecule has 0 aromatic carbocycles. The van der Waals surface area contributed by atoms with Gasteiger partial charge in [-0.05, 0) is 6.42 Å². The van der Waals surface area contributed by atoms with Gasteiger partial charge in [0.05, 0.1) is 22.9 Å². The molecule has 0 aromatic heterocycles. The van der Waals surface area contributed by atoms with E-state index in [9.17, 15) is 4.79 Å². The molecular weight excluding hydrogens is 217 g/mol. The Morgan fingerprint density at radius 2 is 2.50 bits per heavy atom. The molecular formula is C5H8INO. The van der Waals surface area contributed by atoms with E-state index in [-0.39, 0.29) is 11.8 Å². The Hall–Kier alpha value is 0.200. The number of amides is 1. The van der Waals surface area contributed by atoms with E-state index in [1.165, 1.54) is 0 Å². The molecule has 0 N–H and O–H groups in total. The highest BCUT2D eigenvalue weighted by molar-refractivity contribution is 14.1. The third-order valence-electron chi connectivity index (χ3n) is 1.42. The standard InChI is InChI=1S/C5H8INO/c1-4-2-3-7(6)5(4)8/h4H,2-3H2,1H3/t4-/m1/s1. The highest BCUT2D eigenvalue weighted by Crippen LogP contribution is 2.19. The smallest absolute Gasteiger partial charge is 0.234 e. The molecule has 3 heteroatoms. The fourth-order valence-corrected chi connectivity index (χ4v) is 1.53. The van der Waals surface area contributed by atoms with E-state index in [2.05, 4.69) is 22.9 Å². The predicted octanol–water partition coefficient (Wildman–Crippen LogP) is 1.20. The van der Waals surface area contributed by atoms with Crippen molar-refractivity contribution in [1.29, 1.82) is 0 Å². The van der Waals surface area contributed by atoms with Crippen LogP contribution in [0.5, 0.6) is 0 Å². The molecule has 1 rings (SSSR count). The van der Waals surface area contributed by atoms with Crippen molar-refractivity contribution < 1.29 is 4.79 Å². The first-order valence-electron chi connectivity index (χ1n) is 2.69. The van der Waals surface area contributed by atoms with Crippen molar-refractivity contribution in [3.05, 3.63) is 0 Å². The van der Waals surface area contributed by atoms with Crippen LogP contribution >= 0.6 is 22.9 Å². The molecule has 0 saturated carbocycles. The molecule has 1 aliphatic rings. The Bertz CT molecular complexity index is 103. The van der Waals surface area contributed by atoms with Crippen LogP contribution in [0.25, 0.3) is 0 Å². The summed E-state index contributed by atoms with van der Waals surface area (Å²) in [4.78, 5) is 10.8. The lowest BCUT2D eigenvalue weighted by atomic mass is 10.1. The zero-order valence-corrected chi connectivity index (χ0v) is 6.88. The van der Waals surface area contributed by atoms with Gasteiger partial charge in [0, 0.05) is 12.5 Å². The summed E-state index contributed by atoms with van der Waals surface area (Å²) in [6.45, 7) is 2.90. The molecule has 1 aliphatic heterocycles. The third kappa shape index (κ3) is 0.962. The van der Waals surface area contributed by atoms with Crippen molar-refractivity contribution in [2.75, 3.05) is 6.54 Å². The Labute approximate surface area is 62.7 Å². The first kappa shape index (κ1) is 6.32. The summed E-state index contributed by atoms with van der Waals surface area (Å²) in [7, 11) is 0. The topological polar surface area (TPSA) is 20.3 Å². The van der Waals surface area contributed by atoms with E-state index in [4.69, 9.17) is 0 Å². The van der Waals surface area contributed by atoms with Gasteiger partial charge in [0.2, 0.25) is 5.91 Å². The Kier molecular flexibility index (Phi) is 1.74. The molecule has 1 amide bonds. The largest absolute Gasteiger partial charge is 0.285 e. The number of rotatable bonds is 0. The number of carbonyl (C=O) groups excluding carboxylic acids is 1. The fourth-order valence-electron chi connectivity index (χ4n) is 0.780. The van der Waals surface area contributed by atoms with Crippen LogP contribution in [0.1, 0.15) is 13.3 Å². The van der Waals surface area contributed by atoms with Gasteiger partial charge in [-0.1, -0.05) is 6.92 Å². The van der Waals surface area contributed by atoms with Crippen LogP contribution < -0.4 is 0 Å². The lowest BCUT2D eigenvalue weighted by molar-refractivity contribution is -0.125. The van der Waals surface area contributed by atoms with Gasteiger partial charge < -0.3 is 0 Å². The van der Waals surface area contributed by atoms with E-state index >= 15 is 0 Å². The van der Waals surface area contributed by atoms with Crippen LogP contribution in [0, 0.1) is 5.92 Å². The number of nitrogens with zero attached hydrogens (tertiary/aromatic N) is 1. The van der Waals surface area contributed by atoms with Gasteiger partial charge in [0.25, 0.3) is 0 Å². The second kappa shape index (κ2) is 2.21. The Morgan fingerprint density at radius 1 is 1.88 bits per heavy atom. The lowest BCUT2D eigenvalue weighted by Gasteiger charge is -2.01. The molecule has 0 aromatic rings. The van der Waals surface area contributed by atoms with Crippen molar-refractivity contribution >= 4 is 28.8 Å². The quantitative estimate of drug-likeness (QED) is 0.448. The Balaban J connectivity index is 2.57. The van der Waals surface area contributed by atoms with E-state index in [0.717, 1.165) is 13.0 Å². The van der Waals surface area contributed by atoms with Crippen LogP contribution in [0.4, 0.5) is 0 Å². The molecule has 1 atom stereocenters. The molecule has 1 saturated heterocycles. The molecule has 1 heterocycles. The summed E-state index contributed by atoms with van der Waals surface area (Å²) >= 11 is 2.06. The number of hydrogen-bond donors (Lipinski definition) is 0. The summed E-state index contributed by atoms with van der Waals surface area (Å²) < 4.78 is 1.75. The van der Waals surface area contributed by atoms with E-state index in [1.54, 1.807) is 3.11 Å². The minimum Gasteiger partial charge on any atom is -0.285 e. The summed E-state index contributed by atoms with van der Waals surface area (Å²) in [5.74, 6) is 0.553. The monoisotopic (exact) mass is 225 g/mol. The van der Waals surface area contributed by atoms with Crippen LogP contribution in [0.2, 0.25) is 0 Å². The van der Waals surface area contributed by atoms with E-state index in [0.29, 0.717) is 0 Å². The summed E-state index contributed by atoms with van der Waals surface area (Å²) in [5.41, 5.74) is 0. The van der Waals surface area contributed by atoms with Crippen molar-refractivity contribution in [3.8, 4) is 0 Å². The molecule has 1 fully saturated rings. The van der Waals surface area contributed by atoms with E-state index in [1.807, 2.05) is 6.92 Å². The zero-order chi connectivity index (χ0) is 6.15. The summed E-state index contributed by atoms with van der Waals surface area (Å²) in [6.07, 6.45) is 1.03. The molecule has 0 aliphatic carbocycles. The van der Waals surface area contributed by atoms with Crippen molar-refractivity contribution in [1.82, 2.24) is 3.11 Å². The minimum atomic E-state index is 0.270. The van der Waals surface area contributed by atoms with Crippen LogP contribution in [-0.4, -0.2) is 15.6 Å². The number of carbonyl (C=O) groups is 1. The summed E-state index contributed by atoms with van der Waals surface area (Å²) in [5, 5.41) is 0. The van der Waals surface area contributed by atoms with Gasteiger partial charge in [-0.3, -0.25) is 7.91 Å². The van der Waals surface area contributed by atoms with Crippen molar-refractivity contribution in [3.63, 3.8) is 0 Å². The van der Waals surface area contributed by atoms with Gasteiger partial charge in [0.1, 0.15) is 0 Å². The number of halogens is 1. The molecule has 8 heavy (non-hydrogen) atoms. The normalized spacial score (nSPS) is 29.5. The van der Waals surface area contributed by atoms with Crippen molar-refractivity contribution in [2.45, 2.75) is 13.3 Å². The maximum absolute atomic E-state index is 10.8. The van der Waals surface area contributed by atoms with Crippen molar-refractivity contribution in [2.24, 2.45) is 5.92 Å². The van der Waals surface area contributed by atoms with Gasteiger partial charge in [-0.25, -0.2) is 0 Å². The maximum atomic E-state index is 10.8. The van der Waals surface area contributed by atoms with E-state index < -0.39 is 0 Å². The fraction of sp³-hybridized carbons (Fsp3) is 0.800. The van der Waals surface area contributed by atoms with Crippen LogP contribution in [0.15, 0.2) is 0 Å². The molecule has 46 valence electrons. The zero-order valence-electron chi connectivity index (χ0n) is 4.72. The van der Waals surface area contributed by atoms with Crippen LogP contribution in [0.3, 0.4) is 0 Å². The first-order chi connectivity index (χ1) is 3.72. The highest BCUT2D eigenvalue weighted by Gasteiger charge is 2.25. The second-order valence-electron chi connectivity index (χ2n) is 2.11. The minimum absolute atomic E-state index is 0.270. The molecule has 2 nitrogen and oxygen atoms in total. The lowest BCUT2D eigenvalue weighted by Crippen LogP contribution is -2.14. The Morgan fingerprint density at radius 3 is 2.62 bits per heavy atom. The third-order valence-corrected chi connectivity index (χ3v) is 2.38. The first-order valence-corrected chi connectivity index (χ1v) is 3.65. The molecule has 0 radical (unpaired) electrons. The summed E-state index contributed by atoms with van der Waals surface area (Å²) in [6, 6.07) is 0. The highest BCUT2D eigenvalue weighted by atomic mass is 127. The number of hydrogen-bond acceptors (Lipinski definition) is 1. The van der Waals surface area contributed by atoms with Gasteiger partial charge >= 0.3 is 0 Å². The molecule has 0 spiro atoms. The van der Waals surface area contributed by atoms with Gasteiger partial charge in [-0.15, -0.1) is 0 Å². The SMILES string of the molecule is C[C@@H]1CCN(I)C1=O. The molecule has 0 unspecified atom stereocenters. The van der Waals surface area contributed by atoms with Gasteiger partial charge in [-0.2, -0.15) is 0 Å². The average Bonchev–Trinajstić information content (AvgIpc) is 1.98. The maximum Gasteiger partial charge on any atom is 0.234 e. The van der Waals surface area contributed by atoms with Gasteiger partial charge in [0.15, 0.2) is 0 Å². The second-order valence-corrected chi connectivity index (χ2v) is 3.28. The molecule has 0 bridgehead atoms. The predicted molar refractivity (Wildman–Crippen MR) is 39.5 cm³/mol. The average molecular weight is 225 g/mol. The van der Waals surface area contributed by atoms with Crippen LogP contribution in [-0.2, 0) is 4.79 Å².